The number of aliphatic carboxylic acids is 2. The zero-order valence-electron chi connectivity index (χ0n) is 22.8. The third-order valence-corrected chi connectivity index (χ3v) is 8.56. The Balaban J connectivity index is 1.41. The van der Waals surface area contributed by atoms with Gasteiger partial charge < -0.3 is 29.2 Å². The van der Waals surface area contributed by atoms with Crippen LogP contribution in [-0.4, -0.2) is 55.4 Å². The SMILES string of the molecule is COc1cc2sc(CCCC(=O)O)cc2c(F)c1OCCCOc1c(OC)cc2sc(C(=O)CCC(=O)O)cc2c1F. The van der Waals surface area contributed by atoms with Gasteiger partial charge in [0.2, 0.25) is 0 Å². The van der Waals surface area contributed by atoms with E-state index < -0.39 is 29.4 Å². The third-order valence-electron chi connectivity index (χ3n) is 6.29. The van der Waals surface area contributed by atoms with Crippen LogP contribution in [0.15, 0.2) is 24.3 Å². The number of hydrogen-bond acceptors (Lipinski definition) is 9. The van der Waals surface area contributed by atoms with Crippen LogP contribution in [0.1, 0.15) is 46.7 Å². The molecule has 0 aliphatic heterocycles. The van der Waals surface area contributed by atoms with Crippen molar-refractivity contribution in [2.45, 2.75) is 38.5 Å². The molecule has 42 heavy (non-hydrogen) atoms. The molecule has 0 amide bonds. The Morgan fingerprint density at radius 3 is 1.83 bits per heavy atom. The Bertz CT molecular complexity index is 1630. The highest BCUT2D eigenvalue weighted by molar-refractivity contribution is 7.21. The standard InChI is InChI=1S/C29H28F2O9S2/c1-37-19-13-21-16(11-15(41-21)5-3-6-24(33)34)26(30)28(19)39-9-4-10-40-29-20(38-2)14-22-17(27(29)31)12-23(42-22)18(32)7-8-25(35)36/h11-14H,3-10H2,1-2H3,(H,33,34)(H,35,36). The van der Waals surface area contributed by atoms with E-state index >= 15 is 8.78 Å². The molecule has 2 aromatic heterocycles. The van der Waals surface area contributed by atoms with Gasteiger partial charge in [0.05, 0.1) is 38.7 Å². The molecule has 2 heterocycles. The molecule has 0 aliphatic carbocycles. The highest BCUT2D eigenvalue weighted by Crippen LogP contribution is 2.42. The van der Waals surface area contributed by atoms with E-state index in [1.54, 1.807) is 18.2 Å². The number of halogens is 2. The van der Waals surface area contributed by atoms with Crippen molar-refractivity contribution in [2.75, 3.05) is 27.4 Å². The van der Waals surface area contributed by atoms with Crippen molar-refractivity contribution < 1.29 is 52.3 Å². The minimum absolute atomic E-state index is 0.00563. The fraction of sp³-hybridized carbons (Fsp3) is 0.345. The second kappa shape index (κ2) is 13.8. The first kappa shape index (κ1) is 31.0. The molecule has 0 spiro atoms. The summed E-state index contributed by atoms with van der Waals surface area (Å²) >= 11 is 2.41. The number of benzene rings is 2. The number of methoxy groups -OCH3 is 2. The van der Waals surface area contributed by atoms with Crippen LogP contribution in [0.5, 0.6) is 23.0 Å². The lowest BCUT2D eigenvalue weighted by molar-refractivity contribution is -0.138. The number of hydrogen-bond donors (Lipinski definition) is 2. The summed E-state index contributed by atoms with van der Waals surface area (Å²) in [4.78, 5) is 35.0. The van der Waals surface area contributed by atoms with Gasteiger partial charge in [0.1, 0.15) is 0 Å². The number of Topliss-reactive ketones (excluding diaryl/α,β-unsaturated/α-hetero) is 1. The van der Waals surface area contributed by atoms with Gasteiger partial charge in [-0.25, -0.2) is 8.78 Å². The molecule has 0 radical (unpaired) electrons. The molecule has 2 aromatic carbocycles. The molecule has 0 saturated heterocycles. The molecular weight excluding hydrogens is 594 g/mol. The van der Waals surface area contributed by atoms with Gasteiger partial charge >= 0.3 is 11.9 Å². The molecule has 0 unspecified atom stereocenters. The Labute approximate surface area is 247 Å². The molecular formula is C29H28F2O9S2. The Morgan fingerprint density at radius 1 is 0.738 bits per heavy atom. The van der Waals surface area contributed by atoms with Crippen LogP contribution < -0.4 is 18.9 Å². The minimum Gasteiger partial charge on any atom is -0.493 e. The van der Waals surface area contributed by atoms with Crippen molar-refractivity contribution in [3.05, 3.63) is 45.7 Å². The number of ketones is 1. The quantitative estimate of drug-likeness (QED) is 0.103. The molecule has 0 aliphatic rings. The monoisotopic (exact) mass is 622 g/mol. The summed E-state index contributed by atoms with van der Waals surface area (Å²) in [6.07, 6.45) is 0.739. The van der Waals surface area contributed by atoms with E-state index in [9.17, 15) is 14.4 Å². The van der Waals surface area contributed by atoms with Gasteiger partial charge in [-0.2, -0.15) is 0 Å². The van der Waals surface area contributed by atoms with Gasteiger partial charge in [0.15, 0.2) is 40.4 Å². The van der Waals surface area contributed by atoms with E-state index in [0.717, 1.165) is 16.2 Å². The second-order valence-electron chi connectivity index (χ2n) is 9.21. The molecule has 0 fully saturated rings. The molecule has 4 rings (SSSR count). The smallest absolute Gasteiger partial charge is 0.303 e. The second-order valence-corrected chi connectivity index (χ2v) is 11.5. The molecule has 0 saturated carbocycles. The van der Waals surface area contributed by atoms with Gasteiger partial charge in [0.25, 0.3) is 0 Å². The lowest BCUT2D eigenvalue weighted by atomic mass is 10.1. The fourth-order valence-electron chi connectivity index (χ4n) is 4.25. The number of carbonyl (C=O) groups excluding carboxylic acids is 1. The number of carboxylic acid groups (broad SMARTS) is 2. The number of fused-ring (bicyclic) bond motifs is 2. The Hall–Kier alpha value is -3.97. The molecule has 2 N–H and O–H groups in total. The van der Waals surface area contributed by atoms with Crippen molar-refractivity contribution >= 4 is 60.6 Å². The zero-order valence-corrected chi connectivity index (χ0v) is 24.4. The van der Waals surface area contributed by atoms with Crippen LogP contribution in [0.25, 0.3) is 20.2 Å². The zero-order chi connectivity index (χ0) is 30.4. The minimum atomic E-state index is -1.09. The van der Waals surface area contributed by atoms with Gasteiger partial charge in [-0.3, -0.25) is 14.4 Å². The summed E-state index contributed by atoms with van der Waals surface area (Å²) in [5.74, 6) is -3.55. The van der Waals surface area contributed by atoms with Crippen molar-refractivity contribution in [3.63, 3.8) is 0 Å². The topological polar surface area (TPSA) is 129 Å². The van der Waals surface area contributed by atoms with Crippen LogP contribution in [0, 0.1) is 11.6 Å². The van der Waals surface area contributed by atoms with Gasteiger partial charge in [-0.15, -0.1) is 22.7 Å². The van der Waals surface area contributed by atoms with Crippen molar-refractivity contribution in [1.29, 1.82) is 0 Å². The van der Waals surface area contributed by atoms with E-state index in [0.29, 0.717) is 27.6 Å². The number of carbonyl (C=O) groups is 3. The first-order valence-corrected chi connectivity index (χ1v) is 14.6. The van der Waals surface area contributed by atoms with E-state index in [2.05, 4.69) is 0 Å². The number of aryl methyl sites for hydroxylation is 1. The number of thiophene rings is 2. The van der Waals surface area contributed by atoms with Crippen LogP contribution in [0.4, 0.5) is 8.78 Å². The molecule has 224 valence electrons. The summed E-state index contributed by atoms with van der Waals surface area (Å²) in [5.41, 5.74) is 0. The summed E-state index contributed by atoms with van der Waals surface area (Å²) < 4.78 is 53.8. The van der Waals surface area contributed by atoms with Crippen molar-refractivity contribution in [3.8, 4) is 23.0 Å². The first-order valence-electron chi connectivity index (χ1n) is 12.9. The average Bonchev–Trinajstić information content (AvgIpc) is 3.57. The molecule has 9 nitrogen and oxygen atoms in total. The van der Waals surface area contributed by atoms with E-state index in [1.165, 1.54) is 31.6 Å². The lowest BCUT2D eigenvalue weighted by Crippen LogP contribution is -2.08. The highest BCUT2D eigenvalue weighted by Gasteiger charge is 2.21. The predicted molar refractivity (Wildman–Crippen MR) is 154 cm³/mol. The van der Waals surface area contributed by atoms with Crippen LogP contribution in [0.3, 0.4) is 0 Å². The summed E-state index contributed by atoms with van der Waals surface area (Å²) in [6.45, 7) is 0.0347. The molecule has 4 aromatic rings. The first-order chi connectivity index (χ1) is 20.1. The van der Waals surface area contributed by atoms with Gasteiger partial charge in [-0.1, -0.05) is 0 Å². The van der Waals surface area contributed by atoms with E-state index in [4.69, 9.17) is 29.2 Å². The normalized spacial score (nSPS) is 11.1. The highest BCUT2D eigenvalue weighted by atomic mass is 32.1. The molecule has 0 bridgehead atoms. The summed E-state index contributed by atoms with van der Waals surface area (Å²) in [7, 11) is 2.76. The average molecular weight is 623 g/mol. The number of carboxylic acids is 2. The van der Waals surface area contributed by atoms with Crippen LogP contribution >= 0.6 is 22.7 Å². The predicted octanol–water partition coefficient (Wildman–Crippen LogP) is 6.71. The van der Waals surface area contributed by atoms with Crippen LogP contribution in [-0.2, 0) is 16.0 Å². The molecule has 0 atom stereocenters. The van der Waals surface area contributed by atoms with E-state index in [1.807, 2.05) is 0 Å². The Kier molecular flexibility index (Phi) is 10.2. The number of rotatable bonds is 16. The van der Waals surface area contributed by atoms with E-state index in [-0.39, 0.29) is 72.2 Å². The maximum atomic E-state index is 15.4. The fourth-order valence-corrected chi connectivity index (χ4v) is 6.43. The number of ether oxygens (including phenoxy) is 4. The van der Waals surface area contributed by atoms with Gasteiger partial charge in [-0.05, 0) is 25.0 Å². The largest absolute Gasteiger partial charge is 0.493 e. The Morgan fingerprint density at radius 2 is 1.29 bits per heavy atom. The molecule has 13 heteroatoms. The maximum Gasteiger partial charge on any atom is 0.303 e. The van der Waals surface area contributed by atoms with Crippen molar-refractivity contribution in [1.82, 2.24) is 0 Å². The van der Waals surface area contributed by atoms with Gasteiger partial charge in [0, 0.05) is 56.4 Å². The summed E-state index contributed by atoms with van der Waals surface area (Å²) in [5, 5.41) is 18.2. The third kappa shape index (κ3) is 7.08. The van der Waals surface area contributed by atoms with Crippen molar-refractivity contribution in [2.24, 2.45) is 0 Å². The van der Waals surface area contributed by atoms with Crippen LogP contribution in [0.2, 0.25) is 0 Å². The lowest BCUT2D eigenvalue weighted by Gasteiger charge is -2.14. The summed E-state index contributed by atoms with van der Waals surface area (Å²) in [6, 6.07) is 6.29. The maximum absolute atomic E-state index is 15.4.